The van der Waals surface area contributed by atoms with Gasteiger partial charge in [-0.3, -0.25) is 9.59 Å². The fourth-order valence-corrected chi connectivity index (χ4v) is 2.72. The summed E-state index contributed by atoms with van der Waals surface area (Å²) in [6.07, 6.45) is 1.16. The Kier molecular flexibility index (Phi) is 6.35. The molecule has 2 rings (SSSR count). The smallest absolute Gasteiger partial charge is 0.338 e. The fraction of sp³-hybridized carbons (Fsp3) is 0.500. The average Bonchev–Trinajstić information content (AvgIpc) is 2.60. The van der Waals surface area contributed by atoms with Gasteiger partial charge in [0.05, 0.1) is 18.1 Å². The van der Waals surface area contributed by atoms with Crippen molar-refractivity contribution in [2.75, 3.05) is 26.3 Å². The highest BCUT2D eigenvalue weighted by Gasteiger charge is 2.28. The second kappa shape index (κ2) is 8.47. The molecule has 1 amide bonds. The van der Waals surface area contributed by atoms with E-state index in [0.717, 1.165) is 5.56 Å². The van der Waals surface area contributed by atoms with Gasteiger partial charge in [-0.1, -0.05) is 18.2 Å². The maximum absolute atomic E-state index is 12.2. The molecule has 0 N–H and O–H groups in total. The van der Waals surface area contributed by atoms with E-state index in [2.05, 4.69) is 0 Å². The predicted molar refractivity (Wildman–Crippen MR) is 87.4 cm³/mol. The molecular formula is C18H23NO5. The van der Waals surface area contributed by atoms with Crippen molar-refractivity contribution in [1.29, 1.82) is 0 Å². The Labute approximate surface area is 141 Å². The Morgan fingerprint density at radius 2 is 1.79 bits per heavy atom. The summed E-state index contributed by atoms with van der Waals surface area (Å²) in [4.78, 5) is 37.5. The number of ether oxygens (including phenoxy) is 2. The molecule has 6 heteroatoms. The van der Waals surface area contributed by atoms with Crippen LogP contribution in [0.3, 0.4) is 0 Å². The Bertz CT molecular complexity index is 605. The third-order valence-corrected chi connectivity index (χ3v) is 4.16. The van der Waals surface area contributed by atoms with Crippen LogP contribution in [0, 0.1) is 12.8 Å². The Balaban J connectivity index is 1.79. The number of piperidine rings is 1. The molecule has 1 aromatic rings. The lowest BCUT2D eigenvalue weighted by atomic mass is 9.97. The Hall–Kier alpha value is -2.37. The molecule has 0 bridgehead atoms. The number of benzene rings is 1. The number of likely N-dealkylation sites (tertiary alicyclic amines) is 1. The van der Waals surface area contributed by atoms with Crippen LogP contribution in [-0.4, -0.2) is 49.0 Å². The number of carbonyl (C=O) groups excluding carboxylic acids is 3. The van der Waals surface area contributed by atoms with Gasteiger partial charge in [0.25, 0.3) is 5.91 Å². The van der Waals surface area contributed by atoms with Crippen molar-refractivity contribution >= 4 is 17.8 Å². The van der Waals surface area contributed by atoms with Gasteiger partial charge in [0, 0.05) is 13.1 Å². The fourth-order valence-electron chi connectivity index (χ4n) is 2.72. The van der Waals surface area contributed by atoms with E-state index in [9.17, 15) is 14.4 Å². The summed E-state index contributed by atoms with van der Waals surface area (Å²) in [6.45, 7) is 4.64. The number of rotatable bonds is 5. The van der Waals surface area contributed by atoms with Crippen LogP contribution in [0.5, 0.6) is 0 Å². The highest BCUT2D eigenvalue weighted by atomic mass is 16.5. The molecule has 0 spiro atoms. The zero-order valence-corrected chi connectivity index (χ0v) is 14.1. The zero-order valence-electron chi connectivity index (χ0n) is 14.1. The molecule has 1 aromatic carbocycles. The van der Waals surface area contributed by atoms with Crippen LogP contribution in [0.15, 0.2) is 24.3 Å². The molecule has 0 unspecified atom stereocenters. The van der Waals surface area contributed by atoms with Crippen LogP contribution in [0.25, 0.3) is 0 Å². The van der Waals surface area contributed by atoms with Crippen LogP contribution in [0.4, 0.5) is 0 Å². The summed E-state index contributed by atoms with van der Waals surface area (Å²) in [7, 11) is 0. The number of amides is 1. The van der Waals surface area contributed by atoms with E-state index in [4.69, 9.17) is 9.47 Å². The second-order valence-electron chi connectivity index (χ2n) is 5.80. The molecule has 6 nitrogen and oxygen atoms in total. The Morgan fingerprint density at radius 3 is 2.42 bits per heavy atom. The minimum atomic E-state index is -0.497. The lowest BCUT2D eigenvalue weighted by Gasteiger charge is -2.30. The van der Waals surface area contributed by atoms with Crippen LogP contribution in [0.2, 0.25) is 0 Å². The first-order chi connectivity index (χ1) is 11.5. The second-order valence-corrected chi connectivity index (χ2v) is 5.80. The van der Waals surface area contributed by atoms with E-state index in [1.54, 1.807) is 24.0 Å². The first-order valence-electron chi connectivity index (χ1n) is 8.20. The SMILES string of the molecule is CCOC(=O)C1CCN(C(=O)COC(=O)c2ccccc2C)CC1. The van der Waals surface area contributed by atoms with Gasteiger partial charge in [0.2, 0.25) is 0 Å². The molecule has 1 fully saturated rings. The van der Waals surface area contributed by atoms with Gasteiger partial charge >= 0.3 is 11.9 Å². The average molecular weight is 333 g/mol. The quantitative estimate of drug-likeness (QED) is 0.770. The molecule has 0 radical (unpaired) electrons. The highest BCUT2D eigenvalue weighted by Crippen LogP contribution is 2.19. The summed E-state index contributed by atoms with van der Waals surface area (Å²) in [5.41, 5.74) is 1.27. The summed E-state index contributed by atoms with van der Waals surface area (Å²) in [6, 6.07) is 7.09. The molecule has 1 aliphatic rings. The molecule has 1 saturated heterocycles. The summed E-state index contributed by atoms with van der Waals surface area (Å²) in [5, 5.41) is 0. The van der Waals surface area contributed by atoms with E-state index >= 15 is 0 Å². The summed E-state index contributed by atoms with van der Waals surface area (Å²) in [5.74, 6) is -1.08. The third-order valence-electron chi connectivity index (χ3n) is 4.16. The van der Waals surface area contributed by atoms with Gasteiger partial charge in [-0.2, -0.15) is 0 Å². The van der Waals surface area contributed by atoms with Crippen molar-refractivity contribution in [1.82, 2.24) is 4.90 Å². The highest BCUT2D eigenvalue weighted by molar-refractivity contribution is 5.92. The molecular weight excluding hydrogens is 310 g/mol. The number of carbonyl (C=O) groups is 3. The van der Waals surface area contributed by atoms with Crippen molar-refractivity contribution in [3.63, 3.8) is 0 Å². The summed E-state index contributed by atoms with van der Waals surface area (Å²) < 4.78 is 10.1. The molecule has 1 heterocycles. The molecule has 0 aromatic heterocycles. The maximum Gasteiger partial charge on any atom is 0.338 e. The van der Waals surface area contributed by atoms with Crippen LogP contribution >= 0.6 is 0 Å². The normalized spacial score (nSPS) is 15.0. The van der Waals surface area contributed by atoms with Crippen molar-refractivity contribution in [2.45, 2.75) is 26.7 Å². The van der Waals surface area contributed by atoms with Gasteiger partial charge in [-0.25, -0.2) is 4.79 Å². The van der Waals surface area contributed by atoms with Gasteiger partial charge in [-0.15, -0.1) is 0 Å². The molecule has 0 saturated carbocycles. The van der Waals surface area contributed by atoms with Gasteiger partial charge in [0.1, 0.15) is 0 Å². The molecule has 0 atom stereocenters. The van der Waals surface area contributed by atoms with Gasteiger partial charge < -0.3 is 14.4 Å². The Morgan fingerprint density at radius 1 is 1.12 bits per heavy atom. The first kappa shape index (κ1) is 18.0. The summed E-state index contributed by atoms with van der Waals surface area (Å²) >= 11 is 0. The lowest BCUT2D eigenvalue weighted by Crippen LogP contribution is -2.42. The number of esters is 2. The standard InChI is InChI=1S/C18H23NO5/c1-3-23-17(21)14-8-10-19(11-9-14)16(20)12-24-18(22)15-7-5-4-6-13(15)2/h4-7,14H,3,8-12H2,1-2H3. The monoisotopic (exact) mass is 333 g/mol. The third kappa shape index (κ3) is 4.57. The van der Waals surface area contributed by atoms with Gasteiger partial charge in [0.15, 0.2) is 6.61 Å². The molecule has 24 heavy (non-hydrogen) atoms. The molecule has 0 aliphatic carbocycles. The van der Waals surface area contributed by atoms with E-state index in [-0.39, 0.29) is 24.4 Å². The number of nitrogens with zero attached hydrogens (tertiary/aromatic N) is 1. The van der Waals surface area contributed by atoms with E-state index in [1.807, 2.05) is 19.1 Å². The number of aryl methyl sites for hydroxylation is 1. The van der Waals surface area contributed by atoms with Crippen LogP contribution < -0.4 is 0 Å². The first-order valence-corrected chi connectivity index (χ1v) is 8.20. The zero-order chi connectivity index (χ0) is 17.5. The van der Waals surface area contributed by atoms with E-state index in [0.29, 0.717) is 38.1 Å². The number of hydrogen-bond donors (Lipinski definition) is 0. The topological polar surface area (TPSA) is 72.9 Å². The largest absolute Gasteiger partial charge is 0.466 e. The van der Waals surface area contributed by atoms with E-state index < -0.39 is 5.97 Å². The lowest BCUT2D eigenvalue weighted by molar-refractivity contribution is -0.151. The molecule has 1 aliphatic heterocycles. The predicted octanol–water partition coefficient (Wildman–Crippen LogP) is 1.95. The minimum Gasteiger partial charge on any atom is -0.466 e. The maximum atomic E-state index is 12.2. The van der Waals surface area contributed by atoms with Crippen molar-refractivity contribution in [3.05, 3.63) is 35.4 Å². The van der Waals surface area contributed by atoms with Crippen molar-refractivity contribution in [3.8, 4) is 0 Å². The van der Waals surface area contributed by atoms with Crippen molar-refractivity contribution in [2.24, 2.45) is 5.92 Å². The van der Waals surface area contributed by atoms with Crippen molar-refractivity contribution < 1.29 is 23.9 Å². The van der Waals surface area contributed by atoms with Crippen LogP contribution in [0.1, 0.15) is 35.7 Å². The van der Waals surface area contributed by atoms with Crippen LogP contribution in [-0.2, 0) is 19.1 Å². The number of hydrogen-bond acceptors (Lipinski definition) is 5. The van der Waals surface area contributed by atoms with Gasteiger partial charge in [-0.05, 0) is 38.3 Å². The van der Waals surface area contributed by atoms with E-state index in [1.165, 1.54) is 0 Å². The molecule has 130 valence electrons. The minimum absolute atomic E-state index is 0.150.